The summed E-state index contributed by atoms with van der Waals surface area (Å²) in [7, 11) is -1.17. The summed E-state index contributed by atoms with van der Waals surface area (Å²) in [5, 5.41) is 0. The second kappa shape index (κ2) is 6.48. The Labute approximate surface area is 128 Å². The standard InChI is InChI=1S/C15H15NO5S/c1-20-14-9-4-3-8-13(14)16-22(18,19)12-7-5-6-11(10-12)15(17)21-2/h3-10,16H,1-2H3. The van der Waals surface area contributed by atoms with Gasteiger partial charge in [-0.2, -0.15) is 0 Å². The van der Waals surface area contributed by atoms with E-state index in [0.29, 0.717) is 11.4 Å². The SMILES string of the molecule is COC(=O)c1cccc(S(=O)(=O)Nc2ccccc2OC)c1. The van der Waals surface area contributed by atoms with E-state index in [1.807, 2.05) is 0 Å². The first-order valence-electron chi connectivity index (χ1n) is 6.32. The van der Waals surface area contributed by atoms with Crippen molar-refractivity contribution in [1.82, 2.24) is 0 Å². The Morgan fingerprint density at radius 2 is 1.77 bits per heavy atom. The van der Waals surface area contributed by atoms with Gasteiger partial charge in [0.2, 0.25) is 0 Å². The molecule has 0 spiro atoms. The molecular formula is C15H15NO5S. The Balaban J connectivity index is 2.37. The molecule has 22 heavy (non-hydrogen) atoms. The second-order valence-corrected chi connectivity index (χ2v) is 6.01. The van der Waals surface area contributed by atoms with Crippen molar-refractivity contribution in [3.63, 3.8) is 0 Å². The van der Waals surface area contributed by atoms with Crippen LogP contribution in [-0.2, 0) is 14.8 Å². The summed E-state index contributed by atoms with van der Waals surface area (Å²) in [5.41, 5.74) is 0.471. The number of esters is 1. The molecule has 0 saturated carbocycles. The highest BCUT2D eigenvalue weighted by atomic mass is 32.2. The Kier molecular flexibility index (Phi) is 4.67. The number of benzene rings is 2. The van der Waals surface area contributed by atoms with Gasteiger partial charge in [0.25, 0.3) is 10.0 Å². The van der Waals surface area contributed by atoms with Gasteiger partial charge in [0.05, 0.1) is 30.4 Å². The Bertz CT molecular complexity index is 786. The van der Waals surface area contributed by atoms with Crippen molar-refractivity contribution in [3.05, 3.63) is 54.1 Å². The highest BCUT2D eigenvalue weighted by Gasteiger charge is 2.18. The number of nitrogens with one attached hydrogen (secondary N) is 1. The number of hydrogen-bond donors (Lipinski definition) is 1. The molecule has 0 aliphatic heterocycles. The molecule has 6 nitrogen and oxygen atoms in total. The van der Waals surface area contributed by atoms with Crippen LogP contribution in [0.3, 0.4) is 0 Å². The van der Waals surface area contributed by atoms with Crippen molar-refractivity contribution in [3.8, 4) is 5.75 Å². The minimum atomic E-state index is -3.85. The number of carbonyl (C=O) groups excluding carboxylic acids is 1. The zero-order chi connectivity index (χ0) is 16.2. The van der Waals surface area contributed by atoms with Gasteiger partial charge in [-0.05, 0) is 30.3 Å². The topological polar surface area (TPSA) is 81.7 Å². The highest BCUT2D eigenvalue weighted by Crippen LogP contribution is 2.26. The van der Waals surface area contributed by atoms with Crippen molar-refractivity contribution in [2.24, 2.45) is 0 Å². The first-order chi connectivity index (χ1) is 10.5. The summed E-state index contributed by atoms with van der Waals surface area (Å²) in [4.78, 5) is 11.5. The molecule has 0 bridgehead atoms. The molecule has 0 aliphatic rings. The van der Waals surface area contributed by atoms with Gasteiger partial charge >= 0.3 is 5.97 Å². The first-order valence-corrected chi connectivity index (χ1v) is 7.80. The molecular weight excluding hydrogens is 306 g/mol. The van der Waals surface area contributed by atoms with E-state index in [2.05, 4.69) is 9.46 Å². The normalized spacial score (nSPS) is 10.8. The summed E-state index contributed by atoms with van der Waals surface area (Å²) in [6.07, 6.45) is 0. The monoisotopic (exact) mass is 321 g/mol. The smallest absolute Gasteiger partial charge is 0.337 e. The minimum Gasteiger partial charge on any atom is -0.495 e. The zero-order valence-corrected chi connectivity index (χ0v) is 12.9. The molecule has 0 radical (unpaired) electrons. The van der Waals surface area contributed by atoms with E-state index >= 15 is 0 Å². The van der Waals surface area contributed by atoms with Crippen LogP contribution in [0, 0.1) is 0 Å². The summed E-state index contributed by atoms with van der Waals surface area (Å²) in [6, 6.07) is 12.2. The van der Waals surface area contributed by atoms with Gasteiger partial charge in [-0.25, -0.2) is 13.2 Å². The lowest BCUT2D eigenvalue weighted by Gasteiger charge is -2.12. The molecule has 2 aromatic rings. The molecule has 1 N–H and O–H groups in total. The van der Waals surface area contributed by atoms with Crippen molar-refractivity contribution >= 4 is 21.7 Å². The number of para-hydroxylation sites is 2. The number of carbonyl (C=O) groups is 1. The Morgan fingerprint density at radius 1 is 1.05 bits per heavy atom. The van der Waals surface area contributed by atoms with E-state index in [0.717, 1.165) is 0 Å². The van der Waals surface area contributed by atoms with E-state index in [4.69, 9.17) is 4.74 Å². The Morgan fingerprint density at radius 3 is 2.45 bits per heavy atom. The number of sulfonamides is 1. The van der Waals surface area contributed by atoms with Crippen molar-refractivity contribution < 1.29 is 22.7 Å². The predicted octanol–water partition coefficient (Wildman–Crippen LogP) is 2.28. The second-order valence-electron chi connectivity index (χ2n) is 4.33. The molecule has 0 aliphatic carbocycles. The van der Waals surface area contributed by atoms with E-state index < -0.39 is 16.0 Å². The molecule has 0 fully saturated rings. The quantitative estimate of drug-likeness (QED) is 0.854. The van der Waals surface area contributed by atoms with Gasteiger partial charge in [-0.1, -0.05) is 18.2 Å². The van der Waals surface area contributed by atoms with E-state index in [9.17, 15) is 13.2 Å². The third kappa shape index (κ3) is 3.37. The number of methoxy groups -OCH3 is 2. The lowest BCUT2D eigenvalue weighted by Crippen LogP contribution is -2.14. The highest BCUT2D eigenvalue weighted by molar-refractivity contribution is 7.92. The number of ether oxygens (including phenoxy) is 2. The van der Waals surface area contributed by atoms with Crippen LogP contribution in [0.15, 0.2) is 53.4 Å². The van der Waals surface area contributed by atoms with Gasteiger partial charge in [0.15, 0.2) is 0 Å². The van der Waals surface area contributed by atoms with Crippen molar-refractivity contribution in [2.45, 2.75) is 4.90 Å². The summed E-state index contributed by atoms with van der Waals surface area (Å²) in [6.45, 7) is 0. The van der Waals surface area contributed by atoms with Gasteiger partial charge in [0, 0.05) is 0 Å². The molecule has 2 aromatic carbocycles. The van der Waals surface area contributed by atoms with Gasteiger partial charge in [-0.3, -0.25) is 4.72 Å². The van der Waals surface area contributed by atoms with Crippen LogP contribution in [0.5, 0.6) is 5.75 Å². The molecule has 0 saturated heterocycles. The molecule has 0 aromatic heterocycles. The van der Waals surface area contributed by atoms with Gasteiger partial charge in [-0.15, -0.1) is 0 Å². The number of hydrogen-bond acceptors (Lipinski definition) is 5. The van der Waals surface area contributed by atoms with Crippen molar-refractivity contribution in [1.29, 1.82) is 0 Å². The summed E-state index contributed by atoms with van der Waals surface area (Å²) < 4.78 is 37.0. The van der Waals surface area contributed by atoms with Crippen LogP contribution < -0.4 is 9.46 Å². The summed E-state index contributed by atoms with van der Waals surface area (Å²) >= 11 is 0. The molecule has 0 heterocycles. The summed E-state index contributed by atoms with van der Waals surface area (Å²) in [5.74, 6) is -0.204. The third-order valence-corrected chi connectivity index (χ3v) is 4.28. The molecule has 0 unspecified atom stereocenters. The van der Waals surface area contributed by atoms with Gasteiger partial charge in [0.1, 0.15) is 5.75 Å². The third-order valence-electron chi connectivity index (χ3n) is 2.92. The molecule has 7 heteroatoms. The molecule has 116 valence electrons. The fraction of sp³-hybridized carbons (Fsp3) is 0.133. The fourth-order valence-electron chi connectivity index (χ4n) is 1.84. The van der Waals surface area contributed by atoms with Crippen LogP contribution in [0.25, 0.3) is 0 Å². The number of rotatable bonds is 5. The van der Waals surface area contributed by atoms with Crippen LogP contribution >= 0.6 is 0 Å². The average Bonchev–Trinajstić information content (AvgIpc) is 2.54. The van der Waals surface area contributed by atoms with Crippen LogP contribution in [0.4, 0.5) is 5.69 Å². The van der Waals surface area contributed by atoms with E-state index in [-0.39, 0.29) is 10.5 Å². The fourth-order valence-corrected chi connectivity index (χ4v) is 2.96. The number of anilines is 1. The largest absolute Gasteiger partial charge is 0.495 e. The predicted molar refractivity (Wildman–Crippen MR) is 81.6 cm³/mol. The van der Waals surface area contributed by atoms with E-state index in [1.165, 1.54) is 38.5 Å². The minimum absolute atomic E-state index is 0.0405. The van der Waals surface area contributed by atoms with Crippen LogP contribution in [0.2, 0.25) is 0 Å². The van der Waals surface area contributed by atoms with E-state index in [1.54, 1.807) is 24.3 Å². The maximum atomic E-state index is 12.4. The molecule has 2 rings (SSSR count). The lowest BCUT2D eigenvalue weighted by atomic mass is 10.2. The van der Waals surface area contributed by atoms with Crippen molar-refractivity contribution in [2.75, 3.05) is 18.9 Å². The zero-order valence-electron chi connectivity index (χ0n) is 12.1. The van der Waals surface area contributed by atoms with Gasteiger partial charge < -0.3 is 9.47 Å². The molecule has 0 amide bonds. The first kappa shape index (κ1) is 15.8. The molecule has 0 atom stereocenters. The van der Waals surface area contributed by atoms with Crippen LogP contribution in [-0.4, -0.2) is 28.6 Å². The maximum absolute atomic E-state index is 12.4. The maximum Gasteiger partial charge on any atom is 0.337 e. The lowest BCUT2D eigenvalue weighted by molar-refractivity contribution is 0.0600. The average molecular weight is 321 g/mol. The van der Waals surface area contributed by atoms with Crippen LogP contribution in [0.1, 0.15) is 10.4 Å². The Hall–Kier alpha value is -2.54.